The van der Waals surface area contributed by atoms with Gasteiger partial charge in [0.1, 0.15) is 0 Å². The fourth-order valence-corrected chi connectivity index (χ4v) is 4.08. The third kappa shape index (κ3) is 8.06. The third-order valence-electron chi connectivity index (χ3n) is 5.12. The van der Waals surface area contributed by atoms with E-state index in [0.29, 0.717) is 11.5 Å². The lowest BCUT2D eigenvalue weighted by molar-refractivity contribution is -0.108. The Bertz CT molecular complexity index is 745. The molecule has 28 heavy (non-hydrogen) atoms. The van der Waals surface area contributed by atoms with E-state index in [2.05, 4.69) is 53.2 Å². The van der Waals surface area contributed by atoms with Crippen molar-refractivity contribution in [2.75, 3.05) is 7.05 Å². The number of carbonyl (C=O) groups is 1. The van der Waals surface area contributed by atoms with Crippen molar-refractivity contribution in [1.29, 1.82) is 0 Å². The van der Waals surface area contributed by atoms with E-state index < -0.39 is 10.5 Å². The SMILES string of the molecule is CCCC(C)CCCC1(c2ccccc2)CC1N=S(=O)=O.CNC(=S)NC=O. The standard InChI is InChI=1S/C17H25NO2S.C3H6N2OS/c1-3-8-14(2)9-7-12-17(13-16(17)18-21(19)20)15-10-5-4-6-11-15;1-4-3(7)5-2-6/h4-6,10-11,14,16H,3,7-9,12-13H2,1-2H3;2H,1H3,(H2,4,5,6,7). The minimum atomic E-state index is -2.30. The smallest absolute Gasteiger partial charge is 0.311 e. The average Bonchev–Trinajstić information content (AvgIpc) is 3.36. The highest BCUT2D eigenvalue weighted by molar-refractivity contribution is 7.80. The Kier molecular flexibility index (Phi) is 10.9. The number of thiocarbonyl (C=S) groups is 1. The van der Waals surface area contributed by atoms with Gasteiger partial charge in [-0.1, -0.05) is 69.9 Å². The van der Waals surface area contributed by atoms with Gasteiger partial charge in [-0.25, -0.2) is 0 Å². The van der Waals surface area contributed by atoms with Gasteiger partial charge >= 0.3 is 10.5 Å². The number of amides is 1. The van der Waals surface area contributed by atoms with Gasteiger partial charge in [0.05, 0.1) is 6.04 Å². The van der Waals surface area contributed by atoms with Crippen molar-refractivity contribution in [2.45, 2.75) is 63.8 Å². The van der Waals surface area contributed by atoms with Gasteiger partial charge in [-0.3, -0.25) is 4.79 Å². The molecule has 0 aliphatic heterocycles. The van der Waals surface area contributed by atoms with E-state index in [-0.39, 0.29) is 11.5 Å². The van der Waals surface area contributed by atoms with E-state index in [4.69, 9.17) is 0 Å². The summed E-state index contributed by atoms with van der Waals surface area (Å²) in [7, 11) is -0.658. The molecule has 2 rings (SSSR count). The van der Waals surface area contributed by atoms with Crippen LogP contribution in [-0.4, -0.2) is 33.0 Å². The normalized spacial score (nSPS) is 20.8. The molecule has 1 fully saturated rings. The van der Waals surface area contributed by atoms with Crippen LogP contribution in [0.1, 0.15) is 57.9 Å². The van der Waals surface area contributed by atoms with Crippen molar-refractivity contribution in [3.8, 4) is 0 Å². The Morgan fingerprint density at radius 2 is 2.04 bits per heavy atom. The maximum absolute atomic E-state index is 10.9. The monoisotopic (exact) mass is 425 g/mol. The molecule has 0 radical (unpaired) electrons. The maximum Gasteiger partial charge on any atom is 0.311 e. The largest absolute Gasteiger partial charge is 0.365 e. The minimum absolute atomic E-state index is 0.0345. The highest BCUT2D eigenvalue weighted by Crippen LogP contribution is 2.54. The Labute approximate surface area is 175 Å². The molecule has 6 nitrogen and oxygen atoms in total. The molecule has 0 saturated heterocycles. The van der Waals surface area contributed by atoms with Crippen LogP contribution in [0.25, 0.3) is 0 Å². The van der Waals surface area contributed by atoms with Gasteiger partial charge in [0.25, 0.3) is 0 Å². The highest BCUT2D eigenvalue weighted by Gasteiger charge is 2.55. The van der Waals surface area contributed by atoms with Gasteiger partial charge in [-0.05, 0) is 36.5 Å². The van der Waals surface area contributed by atoms with Gasteiger partial charge in [0.15, 0.2) is 5.11 Å². The molecular formula is C20H31N3O3S2. The number of nitrogens with one attached hydrogen (secondary N) is 2. The third-order valence-corrected chi connectivity index (χ3v) is 5.86. The molecule has 1 aliphatic carbocycles. The second-order valence-electron chi connectivity index (χ2n) is 7.19. The summed E-state index contributed by atoms with van der Waals surface area (Å²) in [6.07, 6.45) is 7.31. The highest BCUT2D eigenvalue weighted by atomic mass is 32.2. The predicted octanol–water partition coefficient (Wildman–Crippen LogP) is 3.60. The second-order valence-corrected chi connectivity index (χ2v) is 8.25. The van der Waals surface area contributed by atoms with E-state index in [9.17, 15) is 13.2 Å². The van der Waals surface area contributed by atoms with Crippen LogP contribution in [0.2, 0.25) is 0 Å². The average molecular weight is 426 g/mol. The van der Waals surface area contributed by atoms with Crippen molar-refractivity contribution in [2.24, 2.45) is 10.3 Å². The van der Waals surface area contributed by atoms with Crippen molar-refractivity contribution in [1.82, 2.24) is 10.6 Å². The first kappa shape index (κ1) is 24.2. The number of hydrogen-bond donors (Lipinski definition) is 2. The molecule has 3 atom stereocenters. The van der Waals surface area contributed by atoms with Crippen LogP contribution in [0.15, 0.2) is 34.7 Å². The van der Waals surface area contributed by atoms with Crippen LogP contribution in [0, 0.1) is 5.92 Å². The summed E-state index contributed by atoms with van der Waals surface area (Å²) < 4.78 is 25.6. The van der Waals surface area contributed by atoms with Crippen LogP contribution in [0.3, 0.4) is 0 Å². The zero-order chi connectivity index (χ0) is 21.0. The maximum atomic E-state index is 10.9. The van der Waals surface area contributed by atoms with Crippen molar-refractivity contribution in [3.05, 3.63) is 35.9 Å². The number of rotatable bonds is 9. The van der Waals surface area contributed by atoms with Crippen LogP contribution in [-0.2, 0) is 20.7 Å². The van der Waals surface area contributed by atoms with Crippen LogP contribution >= 0.6 is 12.2 Å². The fourth-order valence-electron chi connectivity index (χ4n) is 3.55. The first-order chi connectivity index (χ1) is 13.4. The number of carbonyl (C=O) groups excluding carboxylic acids is 1. The van der Waals surface area contributed by atoms with Crippen LogP contribution in [0.5, 0.6) is 0 Å². The summed E-state index contributed by atoms with van der Waals surface area (Å²) in [6, 6.07) is 10.2. The summed E-state index contributed by atoms with van der Waals surface area (Å²) >= 11 is 4.50. The zero-order valence-corrected chi connectivity index (χ0v) is 18.5. The summed E-state index contributed by atoms with van der Waals surface area (Å²) in [5.74, 6) is 0.755. The van der Waals surface area contributed by atoms with Gasteiger partial charge in [0, 0.05) is 12.5 Å². The minimum Gasteiger partial charge on any atom is -0.365 e. The molecule has 1 aromatic rings. The van der Waals surface area contributed by atoms with Crippen molar-refractivity contribution >= 4 is 34.2 Å². The van der Waals surface area contributed by atoms with E-state index in [1.807, 2.05) is 18.2 Å². The van der Waals surface area contributed by atoms with E-state index in [1.54, 1.807) is 7.05 Å². The van der Waals surface area contributed by atoms with Gasteiger partial charge in [0.2, 0.25) is 6.41 Å². The van der Waals surface area contributed by atoms with E-state index in [1.165, 1.54) is 24.8 Å². The molecule has 0 heterocycles. The Morgan fingerprint density at radius 1 is 1.36 bits per heavy atom. The van der Waals surface area contributed by atoms with E-state index in [0.717, 1.165) is 25.2 Å². The molecule has 1 amide bonds. The lowest BCUT2D eigenvalue weighted by Gasteiger charge is -2.18. The summed E-state index contributed by atoms with van der Waals surface area (Å²) in [5.41, 5.74) is 1.21. The summed E-state index contributed by atoms with van der Waals surface area (Å²) in [4.78, 5) is 9.54. The van der Waals surface area contributed by atoms with Crippen molar-refractivity contribution in [3.63, 3.8) is 0 Å². The summed E-state index contributed by atoms with van der Waals surface area (Å²) in [5, 5.41) is 5.13. The van der Waals surface area contributed by atoms with Crippen LogP contribution < -0.4 is 10.6 Å². The molecule has 3 unspecified atom stereocenters. The molecule has 0 spiro atoms. The van der Waals surface area contributed by atoms with E-state index >= 15 is 0 Å². The fraction of sp³-hybridized carbons (Fsp3) is 0.600. The molecule has 0 bridgehead atoms. The number of nitrogens with zero attached hydrogens (tertiary/aromatic N) is 1. The Hall–Kier alpha value is -1.80. The molecule has 1 aromatic carbocycles. The molecule has 1 aliphatic rings. The second kappa shape index (κ2) is 12.6. The van der Waals surface area contributed by atoms with Crippen LogP contribution in [0.4, 0.5) is 0 Å². The molecule has 0 aromatic heterocycles. The lowest BCUT2D eigenvalue weighted by Crippen LogP contribution is -2.30. The van der Waals surface area contributed by atoms with Gasteiger partial charge in [-0.15, -0.1) is 0 Å². The topological polar surface area (TPSA) is 87.6 Å². The predicted molar refractivity (Wildman–Crippen MR) is 117 cm³/mol. The lowest BCUT2D eigenvalue weighted by atomic mass is 9.87. The quantitative estimate of drug-likeness (QED) is 0.466. The Morgan fingerprint density at radius 3 is 2.54 bits per heavy atom. The van der Waals surface area contributed by atoms with Gasteiger partial charge in [-0.2, -0.15) is 12.8 Å². The first-order valence-electron chi connectivity index (χ1n) is 9.67. The molecule has 8 heteroatoms. The number of benzene rings is 1. The molecule has 2 N–H and O–H groups in total. The number of hydrogen-bond acceptors (Lipinski definition) is 5. The van der Waals surface area contributed by atoms with Crippen molar-refractivity contribution < 1.29 is 13.2 Å². The van der Waals surface area contributed by atoms with Gasteiger partial charge < -0.3 is 10.6 Å². The molecule has 1 saturated carbocycles. The zero-order valence-electron chi connectivity index (χ0n) is 16.8. The Balaban J connectivity index is 0.000000480. The molecular weight excluding hydrogens is 394 g/mol. The summed E-state index contributed by atoms with van der Waals surface area (Å²) in [6.45, 7) is 4.53. The first-order valence-corrected chi connectivity index (χ1v) is 11.1. The molecule has 156 valence electrons.